The van der Waals surface area contributed by atoms with E-state index in [0.29, 0.717) is 12.1 Å². The minimum Gasteiger partial charge on any atom is -0.317 e. The maximum atomic E-state index is 11.8. The number of aryl methyl sites for hydroxylation is 1. The van der Waals surface area contributed by atoms with Gasteiger partial charge in [-0.1, -0.05) is 6.92 Å². The van der Waals surface area contributed by atoms with Gasteiger partial charge in [0.2, 0.25) is 10.0 Å². The summed E-state index contributed by atoms with van der Waals surface area (Å²) in [4.78, 5) is 4.02. The van der Waals surface area contributed by atoms with Crippen LogP contribution in [0.15, 0.2) is 18.3 Å². The topological polar surface area (TPSA) is 71.1 Å². The normalized spacial score (nSPS) is 11.4. The van der Waals surface area contributed by atoms with E-state index in [2.05, 4.69) is 21.9 Å². The molecule has 0 bridgehead atoms. The summed E-state index contributed by atoms with van der Waals surface area (Å²) in [6.45, 7) is 5.56. The highest BCUT2D eigenvalue weighted by Gasteiger charge is 2.09. The molecular formula is C12H21N3O2S. The maximum absolute atomic E-state index is 11.8. The van der Waals surface area contributed by atoms with Gasteiger partial charge in [-0.2, -0.15) is 0 Å². The van der Waals surface area contributed by atoms with Crippen LogP contribution < -0.4 is 10.0 Å². The largest absolute Gasteiger partial charge is 0.317 e. The maximum Gasteiger partial charge on any atom is 0.232 e. The van der Waals surface area contributed by atoms with Gasteiger partial charge in [0, 0.05) is 11.9 Å². The lowest BCUT2D eigenvalue weighted by atomic mass is 10.3. The second-order valence-electron chi connectivity index (χ2n) is 4.21. The molecule has 2 N–H and O–H groups in total. The highest BCUT2D eigenvalue weighted by Crippen LogP contribution is 2.09. The summed E-state index contributed by atoms with van der Waals surface area (Å²) in [5.41, 5.74) is 1.36. The molecule has 0 unspecified atom stereocenters. The van der Waals surface area contributed by atoms with E-state index in [1.807, 2.05) is 6.92 Å². The van der Waals surface area contributed by atoms with Crippen molar-refractivity contribution < 1.29 is 8.42 Å². The fourth-order valence-corrected chi connectivity index (χ4v) is 2.64. The lowest BCUT2D eigenvalue weighted by molar-refractivity contribution is 0.593. The highest BCUT2D eigenvalue weighted by atomic mass is 32.2. The summed E-state index contributed by atoms with van der Waals surface area (Å²) < 4.78 is 26.1. The summed E-state index contributed by atoms with van der Waals surface area (Å²) in [6, 6.07) is 3.37. The first-order valence-corrected chi connectivity index (χ1v) is 7.82. The molecule has 0 aliphatic rings. The van der Waals surface area contributed by atoms with Crippen molar-refractivity contribution >= 4 is 15.7 Å². The number of rotatable bonds is 8. The number of anilines is 1. The van der Waals surface area contributed by atoms with Gasteiger partial charge in [-0.3, -0.25) is 9.71 Å². The molecule has 0 atom stereocenters. The van der Waals surface area contributed by atoms with E-state index in [4.69, 9.17) is 0 Å². The fraction of sp³-hybridized carbons (Fsp3) is 0.583. The molecule has 5 nitrogen and oxygen atoms in total. The van der Waals surface area contributed by atoms with Gasteiger partial charge >= 0.3 is 0 Å². The summed E-state index contributed by atoms with van der Waals surface area (Å²) >= 11 is 0. The Bertz CT molecular complexity index is 460. The predicted octanol–water partition coefficient (Wildman–Crippen LogP) is 1.52. The molecule has 0 saturated heterocycles. The molecule has 0 spiro atoms. The molecule has 0 aromatic carbocycles. The Morgan fingerprint density at radius 3 is 2.78 bits per heavy atom. The van der Waals surface area contributed by atoms with Crippen LogP contribution in [0.2, 0.25) is 0 Å². The van der Waals surface area contributed by atoms with Gasteiger partial charge in [0.1, 0.15) is 0 Å². The van der Waals surface area contributed by atoms with Crippen LogP contribution in [0.25, 0.3) is 0 Å². The molecule has 1 aromatic heterocycles. The first kappa shape index (κ1) is 14.9. The molecule has 1 rings (SSSR count). The van der Waals surface area contributed by atoms with Gasteiger partial charge in [-0.15, -0.1) is 0 Å². The van der Waals surface area contributed by atoms with E-state index in [-0.39, 0.29) is 5.75 Å². The van der Waals surface area contributed by atoms with Crippen LogP contribution in [-0.2, 0) is 10.0 Å². The van der Waals surface area contributed by atoms with Crippen molar-refractivity contribution in [2.45, 2.75) is 26.7 Å². The van der Waals surface area contributed by atoms with E-state index >= 15 is 0 Å². The van der Waals surface area contributed by atoms with Gasteiger partial charge in [-0.25, -0.2) is 8.42 Å². The van der Waals surface area contributed by atoms with Gasteiger partial charge < -0.3 is 5.32 Å². The average Bonchev–Trinajstić information content (AvgIpc) is 2.28. The van der Waals surface area contributed by atoms with Crippen molar-refractivity contribution in [1.82, 2.24) is 10.3 Å². The molecule has 1 aromatic rings. The van der Waals surface area contributed by atoms with Crippen molar-refractivity contribution in [2.75, 3.05) is 23.6 Å². The first-order valence-electron chi connectivity index (χ1n) is 6.17. The first-order chi connectivity index (χ1) is 8.53. The minimum atomic E-state index is -3.26. The highest BCUT2D eigenvalue weighted by molar-refractivity contribution is 7.92. The Balaban J connectivity index is 2.40. The molecule has 102 valence electrons. The molecule has 6 heteroatoms. The summed E-state index contributed by atoms with van der Waals surface area (Å²) in [5, 5.41) is 3.18. The van der Waals surface area contributed by atoms with Gasteiger partial charge in [0.15, 0.2) is 0 Å². The van der Waals surface area contributed by atoms with Crippen LogP contribution in [0.3, 0.4) is 0 Å². The smallest absolute Gasteiger partial charge is 0.232 e. The Hall–Kier alpha value is -1.14. The van der Waals surface area contributed by atoms with Crippen LogP contribution >= 0.6 is 0 Å². The molecule has 18 heavy (non-hydrogen) atoms. The molecule has 0 fully saturated rings. The number of hydrogen-bond donors (Lipinski definition) is 2. The van der Waals surface area contributed by atoms with Crippen LogP contribution in [-0.4, -0.2) is 32.2 Å². The third kappa shape index (κ3) is 5.97. The number of nitrogens with zero attached hydrogens (tertiary/aromatic N) is 1. The Labute approximate surface area is 109 Å². The number of hydrogen-bond acceptors (Lipinski definition) is 4. The zero-order valence-corrected chi connectivity index (χ0v) is 11.8. The number of nitrogens with one attached hydrogen (secondary N) is 2. The van der Waals surface area contributed by atoms with Crippen LogP contribution in [0, 0.1) is 6.92 Å². The monoisotopic (exact) mass is 271 g/mol. The predicted molar refractivity (Wildman–Crippen MR) is 74.2 cm³/mol. The third-order valence-electron chi connectivity index (χ3n) is 2.36. The summed E-state index contributed by atoms with van der Waals surface area (Å²) in [5.74, 6) is 0.130. The zero-order valence-electron chi connectivity index (χ0n) is 10.9. The second-order valence-corrected chi connectivity index (χ2v) is 6.05. The second kappa shape index (κ2) is 7.33. The van der Waals surface area contributed by atoms with E-state index in [0.717, 1.165) is 25.2 Å². The van der Waals surface area contributed by atoms with Gasteiger partial charge in [0.05, 0.1) is 11.4 Å². The molecule has 0 saturated carbocycles. The van der Waals surface area contributed by atoms with Gasteiger partial charge in [-0.05, 0) is 45.0 Å². The van der Waals surface area contributed by atoms with Crippen molar-refractivity contribution in [3.05, 3.63) is 24.0 Å². The van der Waals surface area contributed by atoms with E-state index in [9.17, 15) is 8.42 Å². The van der Waals surface area contributed by atoms with Crippen LogP contribution in [0.4, 0.5) is 5.69 Å². The third-order valence-corrected chi connectivity index (χ3v) is 3.74. The molecule has 0 aliphatic carbocycles. The molecule has 0 aliphatic heterocycles. The molecule has 0 radical (unpaired) electrons. The van der Waals surface area contributed by atoms with E-state index < -0.39 is 10.0 Å². The standard InChI is InChI=1S/C12H21N3O2S/c1-3-6-13-7-4-9-18(16,17)15-12-5-8-14-11(2)10-12/h5,8,10,13H,3-4,6-7,9H2,1-2H3,(H,14,15). The molecular weight excluding hydrogens is 250 g/mol. The van der Waals surface area contributed by atoms with E-state index in [1.165, 1.54) is 0 Å². The van der Waals surface area contributed by atoms with Gasteiger partial charge in [0.25, 0.3) is 0 Å². The van der Waals surface area contributed by atoms with Crippen LogP contribution in [0.1, 0.15) is 25.5 Å². The Morgan fingerprint density at radius 1 is 1.33 bits per heavy atom. The quantitative estimate of drug-likeness (QED) is 0.703. The lowest BCUT2D eigenvalue weighted by Crippen LogP contribution is -2.22. The van der Waals surface area contributed by atoms with Crippen molar-refractivity contribution in [1.29, 1.82) is 0 Å². The molecule has 1 heterocycles. The Kier molecular flexibility index (Phi) is 6.07. The fourth-order valence-electron chi connectivity index (χ4n) is 1.53. The minimum absolute atomic E-state index is 0.130. The van der Waals surface area contributed by atoms with Crippen molar-refractivity contribution in [3.63, 3.8) is 0 Å². The zero-order chi connectivity index (χ0) is 13.4. The van der Waals surface area contributed by atoms with Crippen molar-refractivity contribution in [2.24, 2.45) is 0 Å². The lowest BCUT2D eigenvalue weighted by Gasteiger charge is -2.08. The van der Waals surface area contributed by atoms with Crippen LogP contribution in [0.5, 0.6) is 0 Å². The number of aromatic nitrogens is 1. The number of sulfonamides is 1. The summed E-state index contributed by atoms with van der Waals surface area (Å²) in [7, 11) is -3.26. The number of pyridine rings is 1. The Morgan fingerprint density at radius 2 is 2.11 bits per heavy atom. The van der Waals surface area contributed by atoms with E-state index in [1.54, 1.807) is 18.3 Å². The van der Waals surface area contributed by atoms with Crippen molar-refractivity contribution in [3.8, 4) is 0 Å². The SMILES string of the molecule is CCCNCCCS(=O)(=O)Nc1ccnc(C)c1. The average molecular weight is 271 g/mol. The molecule has 0 amide bonds. The summed E-state index contributed by atoms with van der Waals surface area (Å²) in [6.07, 6.45) is 3.26.